The number of nitrogens with zero attached hydrogens (tertiary/aromatic N) is 3. The van der Waals surface area contributed by atoms with E-state index >= 15 is 0 Å². The Labute approximate surface area is 115 Å². The molecule has 0 saturated carbocycles. The molecule has 6 heteroatoms. The van der Waals surface area contributed by atoms with Crippen molar-refractivity contribution >= 4 is 34.4 Å². The number of rotatable bonds is 2. The molecule has 96 valence electrons. The highest BCUT2D eigenvalue weighted by atomic mass is 35.5. The summed E-state index contributed by atoms with van der Waals surface area (Å²) in [5.74, 6) is 0.830. The summed E-state index contributed by atoms with van der Waals surface area (Å²) in [6, 6.07) is 2.08. The van der Waals surface area contributed by atoms with Gasteiger partial charge >= 0.3 is 0 Å². The number of fused-ring (bicyclic) bond motifs is 1. The Hall–Kier alpha value is -0.840. The normalized spacial score (nSPS) is 21.6. The van der Waals surface area contributed by atoms with Gasteiger partial charge < -0.3 is 9.30 Å². The van der Waals surface area contributed by atoms with Gasteiger partial charge in [0.2, 0.25) is 0 Å². The lowest BCUT2D eigenvalue weighted by atomic mass is 10.2. The zero-order valence-corrected chi connectivity index (χ0v) is 11.4. The van der Waals surface area contributed by atoms with Crippen molar-refractivity contribution in [3.8, 4) is 0 Å². The molecule has 0 aromatic carbocycles. The topological polar surface area (TPSA) is 39.9 Å². The molecule has 1 aliphatic rings. The van der Waals surface area contributed by atoms with Crippen molar-refractivity contribution in [2.45, 2.75) is 24.8 Å². The SMILES string of the molecule is CC(Cl)c1nc2cc(Cl)cnc2n1C1CCOC1. The number of pyridine rings is 1. The van der Waals surface area contributed by atoms with Crippen LogP contribution >= 0.6 is 23.2 Å². The highest BCUT2D eigenvalue weighted by Crippen LogP contribution is 2.31. The molecule has 4 nitrogen and oxygen atoms in total. The number of imidazole rings is 1. The van der Waals surface area contributed by atoms with Crippen molar-refractivity contribution in [3.05, 3.63) is 23.1 Å². The number of ether oxygens (including phenoxy) is 1. The summed E-state index contributed by atoms with van der Waals surface area (Å²) in [7, 11) is 0. The maximum absolute atomic E-state index is 6.21. The lowest BCUT2D eigenvalue weighted by Crippen LogP contribution is -2.13. The number of hydrogen-bond donors (Lipinski definition) is 0. The average molecular weight is 286 g/mol. The van der Waals surface area contributed by atoms with Gasteiger partial charge in [-0.15, -0.1) is 11.6 Å². The minimum atomic E-state index is -0.168. The van der Waals surface area contributed by atoms with Crippen molar-refractivity contribution in [1.82, 2.24) is 14.5 Å². The van der Waals surface area contributed by atoms with Gasteiger partial charge in [0.1, 0.15) is 11.3 Å². The van der Waals surface area contributed by atoms with Crippen LogP contribution in [-0.2, 0) is 4.74 Å². The van der Waals surface area contributed by atoms with E-state index < -0.39 is 0 Å². The molecule has 1 fully saturated rings. The summed E-state index contributed by atoms with van der Waals surface area (Å²) in [4.78, 5) is 8.93. The van der Waals surface area contributed by atoms with Crippen LogP contribution in [0.25, 0.3) is 11.2 Å². The van der Waals surface area contributed by atoms with Gasteiger partial charge in [-0.05, 0) is 19.4 Å². The van der Waals surface area contributed by atoms with Gasteiger partial charge in [0, 0.05) is 12.8 Å². The summed E-state index contributed by atoms with van der Waals surface area (Å²) in [6.45, 7) is 3.37. The zero-order valence-electron chi connectivity index (χ0n) is 9.94. The van der Waals surface area contributed by atoms with Crippen LogP contribution in [0.3, 0.4) is 0 Å². The summed E-state index contributed by atoms with van der Waals surface area (Å²) in [5.41, 5.74) is 1.62. The minimum Gasteiger partial charge on any atom is -0.379 e. The Morgan fingerprint density at radius 2 is 2.39 bits per heavy atom. The Kier molecular flexibility index (Phi) is 3.18. The fraction of sp³-hybridized carbons (Fsp3) is 0.500. The fourth-order valence-electron chi connectivity index (χ4n) is 2.34. The average Bonchev–Trinajstić information content (AvgIpc) is 2.92. The predicted octanol–water partition coefficient (Wildman–Crippen LogP) is 3.35. The Bertz CT molecular complexity index is 576. The second-order valence-electron chi connectivity index (χ2n) is 4.47. The molecule has 18 heavy (non-hydrogen) atoms. The number of halogens is 2. The largest absolute Gasteiger partial charge is 0.379 e. The smallest absolute Gasteiger partial charge is 0.160 e. The quantitative estimate of drug-likeness (QED) is 0.795. The van der Waals surface area contributed by atoms with Crippen molar-refractivity contribution in [2.24, 2.45) is 0 Å². The number of hydrogen-bond acceptors (Lipinski definition) is 3. The van der Waals surface area contributed by atoms with Crippen LogP contribution in [-0.4, -0.2) is 27.7 Å². The highest BCUT2D eigenvalue weighted by Gasteiger charge is 2.25. The minimum absolute atomic E-state index is 0.168. The summed E-state index contributed by atoms with van der Waals surface area (Å²) in [5, 5.41) is 0.419. The molecule has 0 N–H and O–H groups in total. The van der Waals surface area contributed by atoms with E-state index in [1.54, 1.807) is 6.20 Å². The Morgan fingerprint density at radius 1 is 1.56 bits per heavy atom. The molecule has 2 atom stereocenters. The molecule has 2 unspecified atom stereocenters. The van der Waals surface area contributed by atoms with Crippen LogP contribution in [0.5, 0.6) is 0 Å². The first-order valence-corrected chi connectivity index (χ1v) is 6.73. The number of alkyl halides is 1. The second-order valence-corrected chi connectivity index (χ2v) is 5.56. The number of aromatic nitrogens is 3. The van der Waals surface area contributed by atoms with Crippen LogP contribution in [0.1, 0.15) is 30.6 Å². The van der Waals surface area contributed by atoms with Gasteiger partial charge in [0.05, 0.1) is 23.0 Å². The van der Waals surface area contributed by atoms with Crippen LogP contribution < -0.4 is 0 Å². The summed E-state index contributed by atoms with van der Waals surface area (Å²) >= 11 is 12.2. The molecule has 0 spiro atoms. The third kappa shape index (κ3) is 1.98. The second kappa shape index (κ2) is 4.68. The van der Waals surface area contributed by atoms with Gasteiger partial charge in [0.25, 0.3) is 0 Å². The molecule has 0 aliphatic carbocycles. The Morgan fingerprint density at radius 3 is 3.06 bits per heavy atom. The third-order valence-electron chi connectivity index (χ3n) is 3.15. The van der Waals surface area contributed by atoms with Crippen molar-refractivity contribution in [1.29, 1.82) is 0 Å². The first-order chi connectivity index (χ1) is 8.66. The molecule has 0 bridgehead atoms. The van der Waals surface area contributed by atoms with Crippen LogP contribution in [0, 0.1) is 0 Å². The van der Waals surface area contributed by atoms with E-state index in [-0.39, 0.29) is 11.4 Å². The van der Waals surface area contributed by atoms with Crippen molar-refractivity contribution in [2.75, 3.05) is 13.2 Å². The molecule has 1 saturated heterocycles. The molecular weight excluding hydrogens is 273 g/mol. The van der Waals surface area contributed by atoms with E-state index in [0.717, 1.165) is 30.0 Å². The van der Waals surface area contributed by atoms with Crippen LogP contribution in [0.4, 0.5) is 0 Å². The Balaban J connectivity index is 2.21. The molecule has 0 amide bonds. The standard InChI is InChI=1S/C12H13Cl2N3O/c1-7(13)11-16-10-4-8(14)5-15-12(10)17(11)9-2-3-18-6-9/h4-5,7,9H,2-3,6H2,1H3. The maximum Gasteiger partial charge on any atom is 0.160 e. The molecule has 3 rings (SSSR count). The molecule has 2 aromatic rings. The van der Waals surface area contributed by atoms with Crippen LogP contribution in [0.15, 0.2) is 12.3 Å². The van der Waals surface area contributed by atoms with E-state index in [9.17, 15) is 0 Å². The molecule has 0 radical (unpaired) electrons. The van der Waals surface area contributed by atoms with E-state index in [4.69, 9.17) is 27.9 Å². The fourth-order valence-corrected chi connectivity index (χ4v) is 2.65. The first-order valence-electron chi connectivity index (χ1n) is 5.92. The van der Waals surface area contributed by atoms with Crippen molar-refractivity contribution in [3.63, 3.8) is 0 Å². The third-order valence-corrected chi connectivity index (χ3v) is 3.55. The monoisotopic (exact) mass is 285 g/mol. The lowest BCUT2D eigenvalue weighted by molar-refractivity contribution is 0.186. The van der Waals surface area contributed by atoms with Gasteiger partial charge in [-0.25, -0.2) is 9.97 Å². The molecule has 2 aromatic heterocycles. The van der Waals surface area contributed by atoms with Gasteiger partial charge in [-0.2, -0.15) is 0 Å². The van der Waals surface area contributed by atoms with E-state index in [1.165, 1.54) is 0 Å². The van der Waals surface area contributed by atoms with E-state index in [2.05, 4.69) is 14.5 Å². The molecular formula is C12H13Cl2N3O. The summed E-state index contributed by atoms with van der Waals surface area (Å²) < 4.78 is 7.54. The van der Waals surface area contributed by atoms with E-state index in [1.807, 2.05) is 13.0 Å². The molecule has 1 aliphatic heterocycles. The first kappa shape index (κ1) is 12.2. The zero-order chi connectivity index (χ0) is 12.7. The highest BCUT2D eigenvalue weighted by molar-refractivity contribution is 6.31. The molecule has 3 heterocycles. The van der Waals surface area contributed by atoms with Crippen LogP contribution in [0.2, 0.25) is 5.02 Å². The predicted molar refractivity (Wildman–Crippen MR) is 71.3 cm³/mol. The maximum atomic E-state index is 6.21. The van der Waals surface area contributed by atoms with Gasteiger partial charge in [0.15, 0.2) is 5.65 Å². The lowest BCUT2D eigenvalue weighted by Gasteiger charge is -2.15. The van der Waals surface area contributed by atoms with Gasteiger partial charge in [-0.3, -0.25) is 0 Å². The van der Waals surface area contributed by atoms with Crippen molar-refractivity contribution < 1.29 is 4.74 Å². The van der Waals surface area contributed by atoms with Gasteiger partial charge in [-0.1, -0.05) is 11.6 Å². The van der Waals surface area contributed by atoms with E-state index in [0.29, 0.717) is 11.6 Å². The summed E-state index contributed by atoms with van der Waals surface area (Å²) in [6.07, 6.45) is 2.60.